The monoisotopic (exact) mass is 559 g/mol. The quantitative estimate of drug-likeness (QED) is 0.259. The summed E-state index contributed by atoms with van der Waals surface area (Å²) >= 11 is 0. The molecule has 0 radical (unpaired) electrons. The van der Waals surface area contributed by atoms with Crippen molar-refractivity contribution in [3.8, 4) is 0 Å². The fourth-order valence-electron chi connectivity index (χ4n) is 5.31. The van der Waals surface area contributed by atoms with Crippen LogP contribution in [0.1, 0.15) is 29.3 Å². The van der Waals surface area contributed by atoms with E-state index < -0.39 is 16.1 Å². The Morgan fingerprint density at radius 3 is 2.65 bits per heavy atom. The standard InChI is InChI=1S/C31H37N5O3S/c1-4-24-21-36-14-15-40(38,39)35(3)29-18-25(17-27(24)31(29)36)22(2)34-28(16-23-10-6-5-7-11-23)30(37)20-32-19-26-12-8-9-13-33-26/h5-13,17-18,21,28,30,32,34,37H,2,4,14-16,19-20H2,1,3H3. The number of aliphatic hydroxyl groups is 1. The van der Waals surface area contributed by atoms with E-state index in [0.717, 1.165) is 39.7 Å². The normalized spacial score (nSPS) is 15.9. The second kappa shape index (κ2) is 11.8. The Balaban J connectivity index is 1.42. The first-order valence-electron chi connectivity index (χ1n) is 13.7. The lowest BCUT2D eigenvalue weighted by molar-refractivity contribution is 0.132. The van der Waals surface area contributed by atoms with E-state index in [1.807, 2.05) is 54.6 Å². The molecule has 4 aromatic rings. The molecule has 2 unspecified atom stereocenters. The third kappa shape index (κ3) is 5.91. The lowest BCUT2D eigenvalue weighted by Gasteiger charge is -2.27. The summed E-state index contributed by atoms with van der Waals surface area (Å²) in [6, 6.07) is 19.4. The Morgan fingerprint density at radius 2 is 1.93 bits per heavy atom. The van der Waals surface area contributed by atoms with Gasteiger partial charge in [0, 0.05) is 50.2 Å². The molecule has 1 aliphatic rings. The van der Waals surface area contributed by atoms with Crippen LogP contribution in [0, 0.1) is 0 Å². The zero-order valence-electron chi connectivity index (χ0n) is 23.0. The van der Waals surface area contributed by atoms with Crippen molar-refractivity contribution in [1.29, 1.82) is 0 Å². The minimum absolute atomic E-state index is 0.0521. The number of pyridine rings is 1. The first-order chi connectivity index (χ1) is 19.3. The van der Waals surface area contributed by atoms with Crippen LogP contribution in [0.5, 0.6) is 0 Å². The van der Waals surface area contributed by atoms with Gasteiger partial charge in [0.15, 0.2) is 0 Å². The third-order valence-electron chi connectivity index (χ3n) is 7.62. The second-order valence-electron chi connectivity index (χ2n) is 10.3. The molecular weight excluding hydrogens is 522 g/mol. The van der Waals surface area contributed by atoms with Crippen molar-refractivity contribution in [3.05, 3.63) is 102 Å². The SMILES string of the molecule is C=C(NC(Cc1ccccc1)C(O)CNCc1ccccn1)c1cc2c3c(c1)c(CC)cn3CCS(=O)(=O)N2C. The number of aromatic nitrogens is 2. The number of aryl methyl sites for hydroxylation is 2. The van der Waals surface area contributed by atoms with Gasteiger partial charge < -0.3 is 20.3 Å². The summed E-state index contributed by atoms with van der Waals surface area (Å²) in [5, 5.41) is 19.1. The second-order valence-corrected chi connectivity index (χ2v) is 12.4. The maximum absolute atomic E-state index is 12.9. The van der Waals surface area contributed by atoms with Crippen LogP contribution in [0.2, 0.25) is 0 Å². The molecule has 40 heavy (non-hydrogen) atoms. The largest absolute Gasteiger partial charge is 0.390 e. The number of nitrogens with one attached hydrogen (secondary N) is 2. The number of nitrogens with zero attached hydrogens (tertiary/aromatic N) is 3. The van der Waals surface area contributed by atoms with Crippen LogP contribution in [0.15, 0.2) is 79.6 Å². The Hall–Kier alpha value is -3.66. The third-order valence-corrected chi connectivity index (χ3v) is 9.35. The predicted molar refractivity (Wildman–Crippen MR) is 162 cm³/mol. The number of anilines is 1. The molecule has 0 aliphatic carbocycles. The van der Waals surface area contributed by atoms with Gasteiger partial charge >= 0.3 is 0 Å². The van der Waals surface area contributed by atoms with Gasteiger partial charge in [-0.2, -0.15) is 0 Å². The Bertz CT molecular complexity index is 1590. The van der Waals surface area contributed by atoms with Gasteiger partial charge in [-0.3, -0.25) is 9.29 Å². The van der Waals surface area contributed by atoms with E-state index in [1.165, 1.54) is 4.31 Å². The van der Waals surface area contributed by atoms with E-state index in [2.05, 4.69) is 46.0 Å². The average Bonchev–Trinajstić information content (AvgIpc) is 3.29. The highest BCUT2D eigenvalue weighted by Crippen LogP contribution is 2.37. The van der Waals surface area contributed by atoms with Crippen LogP contribution in [0.25, 0.3) is 16.6 Å². The number of hydrogen-bond donors (Lipinski definition) is 3. The number of aliphatic hydroxyl groups excluding tert-OH is 1. The van der Waals surface area contributed by atoms with Crippen molar-refractivity contribution in [3.63, 3.8) is 0 Å². The molecule has 0 spiro atoms. The minimum Gasteiger partial charge on any atom is -0.390 e. The molecule has 3 heterocycles. The Labute approximate surface area is 236 Å². The first-order valence-corrected chi connectivity index (χ1v) is 15.3. The fourth-order valence-corrected chi connectivity index (χ4v) is 6.45. The lowest BCUT2D eigenvalue weighted by Crippen LogP contribution is -2.45. The van der Waals surface area contributed by atoms with Gasteiger partial charge in [-0.05, 0) is 53.8 Å². The molecule has 0 saturated heterocycles. The van der Waals surface area contributed by atoms with Gasteiger partial charge in [-0.15, -0.1) is 0 Å². The van der Waals surface area contributed by atoms with Crippen LogP contribution < -0.4 is 14.9 Å². The molecule has 0 fully saturated rings. The van der Waals surface area contributed by atoms with Crippen molar-refractivity contribution < 1.29 is 13.5 Å². The van der Waals surface area contributed by atoms with Crippen molar-refractivity contribution in [1.82, 2.24) is 20.2 Å². The van der Waals surface area contributed by atoms with E-state index in [4.69, 9.17) is 0 Å². The van der Waals surface area contributed by atoms with Gasteiger partial charge in [-0.1, -0.05) is 49.9 Å². The molecule has 8 nitrogen and oxygen atoms in total. The van der Waals surface area contributed by atoms with E-state index in [1.54, 1.807) is 13.2 Å². The highest BCUT2D eigenvalue weighted by molar-refractivity contribution is 7.92. The number of hydrogen-bond acceptors (Lipinski definition) is 6. The van der Waals surface area contributed by atoms with Gasteiger partial charge in [0.25, 0.3) is 0 Å². The molecule has 0 bridgehead atoms. The van der Waals surface area contributed by atoms with Crippen LogP contribution in [-0.4, -0.2) is 54.6 Å². The van der Waals surface area contributed by atoms with E-state index >= 15 is 0 Å². The Kier molecular flexibility index (Phi) is 8.25. The summed E-state index contributed by atoms with van der Waals surface area (Å²) in [6.07, 6.45) is 4.52. The van der Waals surface area contributed by atoms with Gasteiger partial charge in [0.1, 0.15) is 0 Å². The van der Waals surface area contributed by atoms with Gasteiger partial charge in [0.2, 0.25) is 10.0 Å². The van der Waals surface area contributed by atoms with Crippen molar-refractivity contribution in [2.45, 2.75) is 45.0 Å². The Morgan fingerprint density at radius 1 is 1.15 bits per heavy atom. The summed E-state index contributed by atoms with van der Waals surface area (Å²) in [5.41, 5.74) is 6.16. The lowest BCUT2D eigenvalue weighted by atomic mass is 9.99. The minimum atomic E-state index is -3.45. The highest BCUT2D eigenvalue weighted by Gasteiger charge is 2.28. The van der Waals surface area contributed by atoms with Crippen molar-refractivity contribution in [2.24, 2.45) is 0 Å². The summed E-state index contributed by atoms with van der Waals surface area (Å²) in [5.74, 6) is 0.0521. The molecule has 1 aliphatic heterocycles. The first kappa shape index (κ1) is 27.9. The number of sulfonamides is 1. The smallest absolute Gasteiger partial charge is 0.236 e. The molecule has 0 amide bonds. The van der Waals surface area contributed by atoms with Crippen molar-refractivity contribution in [2.75, 3.05) is 23.7 Å². The molecule has 0 saturated carbocycles. The molecule has 5 rings (SSSR count). The molecule has 3 N–H and O–H groups in total. The van der Waals surface area contributed by atoms with E-state index in [9.17, 15) is 13.5 Å². The van der Waals surface area contributed by atoms with E-state index in [-0.39, 0.29) is 11.8 Å². The molecule has 2 aromatic carbocycles. The molecule has 9 heteroatoms. The van der Waals surface area contributed by atoms with Crippen LogP contribution in [0.4, 0.5) is 5.69 Å². The summed E-state index contributed by atoms with van der Waals surface area (Å²) < 4.78 is 29.3. The fraction of sp³-hybridized carbons (Fsp3) is 0.323. The maximum atomic E-state index is 12.9. The summed E-state index contributed by atoms with van der Waals surface area (Å²) in [7, 11) is -1.83. The number of rotatable bonds is 11. The highest BCUT2D eigenvalue weighted by atomic mass is 32.2. The predicted octanol–water partition coefficient (Wildman–Crippen LogP) is 3.70. The topological polar surface area (TPSA) is 99.5 Å². The maximum Gasteiger partial charge on any atom is 0.236 e. The molecular formula is C31H37N5O3S. The van der Waals surface area contributed by atoms with Crippen LogP contribution >= 0.6 is 0 Å². The van der Waals surface area contributed by atoms with Crippen LogP contribution in [-0.2, 0) is 36.0 Å². The van der Waals surface area contributed by atoms with Gasteiger partial charge in [-0.25, -0.2) is 8.42 Å². The zero-order chi connectivity index (χ0) is 28.3. The molecule has 2 aromatic heterocycles. The molecule has 210 valence electrons. The van der Waals surface area contributed by atoms with Crippen molar-refractivity contribution >= 4 is 32.3 Å². The van der Waals surface area contributed by atoms with E-state index in [0.29, 0.717) is 37.4 Å². The molecule has 2 atom stereocenters. The average molecular weight is 560 g/mol. The zero-order valence-corrected chi connectivity index (χ0v) is 23.9. The summed E-state index contributed by atoms with van der Waals surface area (Å²) in [6.45, 7) is 7.78. The summed E-state index contributed by atoms with van der Waals surface area (Å²) in [4.78, 5) is 4.34. The van der Waals surface area contributed by atoms with Crippen LogP contribution in [0.3, 0.4) is 0 Å². The number of benzene rings is 2. The van der Waals surface area contributed by atoms with Gasteiger partial charge in [0.05, 0.1) is 34.8 Å².